The van der Waals surface area contributed by atoms with E-state index in [1.54, 1.807) is 0 Å². The van der Waals surface area contributed by atoms with Crippen molar-refractivity contribution >= 4 is 17.8 Å². The van der Waals surface area contributed by atoms with Gasteiger partial charge >= 0.3 is 11.9 Å². The first kappa shape index (κ1) is 15.3. The van der Waals surface area contributed by atoms with E-state index >= 15 is 0 Å². The number of hydrogen-bond acceptors (Lipinski definition) is 5. The van der Waals surface area contributed by atoms with Crippen LogP contribution in [-0.4, -0.2) is 61.0 Å². The van der Waals surface area contributed by atoms with Crippen LogP contribution in [0.3, 0.4) is 0 Å². The van der Waals surface area contributed by atoms with Crippen molar-refractivity contribution in [3.63, 3.8) is 0 Å². The lowest BCUT2D eigenvalue weighted by Gasteiger charge is -2.12. The predicted octanol–water partition coefficient (Wildman–Crippen LogP) is -1.31. The minimum Gasteiger partial charge on any atom is -0.481 e. The molecule has 1 amide bonds. The quantitative estimate of drug-likeness (QED) is 0.434. The molecule has 3 N–H and O–H groups in total. The fourth-order valence-electron chi connectivity index (χ4n) is 0.918. The lowest BCUT2D eigenvalue weighted by Crippen LogP contribution is -2.43. The van der Waals surface area contributed by atoms with Crippen molar-refractivity contribution in [3.8, 4) is 0 Å². The highest BCUT2D eigenvalue weighted by atomic mass is 16.5. The van der Waals surface area contributed by atoms with Crippen LogP contribution in [0, 0.1) is 0 Å². The van der Waals surface area contributed by atoms with Crippen molar-refractivity contribution in [1.29, 1.82) is 0 Å². The Morgan fingerprint density at radius 2 is 1.88 bits per heavy atom. The first-order valence-electron chi connectivity index (χ1n) is 4.78. The first-order valence-corrected chi connectivity index (χ1v) is 4.78. The molecule has 0 aromatic heterocycles. The molecule has 0 saturated heterocycles. The molecule has 0 rings (SSSR count). The number of nitrogens with one attached hydrogen (secondary N) is 1. The molecule has 0 aromatic rings. The number of aliphatic carboxylic acids is 2. The maximum atomic E-state index is 11.2. The molecule has 0 aliphatic heterocycles. The third-order valence-corrected chi connectivity index (χ3v) is 1.68. The molecular formula is C9H15NO7. The van der Waals surface area contributed by atoms with E-state index in [1.165, 1.54) is 7.11 Å². The molecule has 17 heavy (non-hydrogen) atoms. The average Bonchev–Trinajstić information content (AvgIpc) is 2.22. The minimum atomic E-state index is -1.45. The van der Waals surface area contributed by atoms with E-state index in [4.69, 9.17) is 14.9 Å². The number of carbonyl (C=O) groups excluding carboxylic acids is 1. The number of carbonyl (C=O) groups is 3. The Balaban J connectivity index is 3.96. The zero-order valence-electron chi connectivity index (χ0n) is 9.34. The minimum absolute atomic E-state index is 0.195. The summed E-state index contributed by atoms with van der Waals surface area (Å²) in [6.45, 7) is 0.165. The zero-order valence-corrected chi connectivity index (χ0v) is 9.34. The summed E-state index contributed by atoms with van der Waals surface area (Å²) in [4.78, 5) is 32.1. The average molecular weight is 249 g/mol. The van der Waals surface area contributed by atoms with Crippen LogP contribution >= 0.6 is 0 Å². The summed E-state index contributed by atoms with van der Waals surface area (Å²) >= 11 is 0. The first-order chi connectivity index (χ1) is 7.97. The third-order valence-electron chi connectivity index (χ3n) is 1.68. The van der Waals surface area contributed by atoms with Gasteiger partial charge in [0.15, 0.2) is 0 Å². The molecule has 0 radical (unpaired) electrons. The SMILES string of the molecule is COCCOCC(=O)NC(CC(=O)O)C(=O)O. The van der Waals surface area contributed by atoms with Gasteiger partial charge in [0.05, 0.1) is 19.6 Å². The van der Waals surface area contributed by atoms with Crippen LogP contribution in [0.15, 0.2) is 0 Å². The van der Waals surface area contributed by atoms with Crippen LogP contribution in [0.5, 0.6) is 0 Å². The summed E-state index contributed by atoms with van der Waals surface area (Å²) in [6.07, 6.45) is -0.681. The Labute approximate surface area is 97.5 Å². The number of rotatable bonds is 9. The molecule has 1 atom stereocenters. The van der Waals surface area contributed by atoms with E-state index in [0.29, 0.717) is 6.61 Å². The molecule has 0 saturated carbocycles. The molecule has 0 aromatic carbocycles. The van der Waals surface area contributed by atoms with Gasteiger partial charge in [0, 0.05) is 7.11 Å². The number of carboxylic acids is 2. The van der Waals surface area contributed by atoms with Crippen molar-refractivity contribution < 1.29 is 34.1 Å². The molecule has 8 nitrogen and oxygen atoms in total. The van der Waals surface area contributed by atoms with Crippen LogP contribution in [0.2, 0.25) is 0 Å². The van der Waals surface area contributed by atoms with Gasteiger partial charge in [-0.15, -0.1) is 0 Å². The van der Waals surface area contributed by atoms with Gasteiger partial charge in [-0.1, -0.05) is 0 Å². The van der Waals surface area contributed by atoms with Crippen molar-refractivity contribution in [1.82, 2.24) is 5.32 Å². The largest absolute Gasteiger partial charge is 0.481 e. The van der Waals surface area contributed by atoms with Gasteiger partial charge in [-0.2, -0.15) is 0 Å². The smallest absolute Gasteiger partial charge is 0.326 e. The summed E-state index contributed by atoms with van der Waals surface area (Å²) in [5.41, 5.74) is 0. The van der Waals surface area contributed by atoms with Crippen molar-refractivity contribution in [2.45, 2.75) is 12.5 Å². The summed E-state index contributed by atoms with van der Waals surface area (Å²) < 4.78 is 9.51. The molecular weight excluding hydrogens is 234 g/mol. The number of carboxylic acid groups (broad SMARTS) is 2. The molecule has 98 valence electrons. The fourth-order valence-corrected chi connectivity index (χ4v) is 0.918. The summed E-state index contributed by atoms with van der Waals surface area (Å²) in [5, 5.41) is 19.1. The maximum Gasteiger partial charge on any atom is 0.326 e. The monoisotopic (exact) mass is 249 g/mol. The highest BCUT2D eigenvalue weighted by Crippen LogP contribution is 1.93. The van der Waals surface area contributed by atoms with Crippen LogP contribution in [0.25, 0.3) is 0 Å². The second kappa shape index (κ2) is 8.48. The number of methoxy groups -OCH3 is 1. The molecule has 0 heterocycles. The van der Waals surface area contributed by atoms with Crippen molar-refractivity contribution in [3.05, 3.63) is 0 Å². The second-order valence-electron chi connectivity index (χ2n) is 3.10. The lowest BCUT2D eigenvalue weighted by atomic mass is 10.2. The van der Waals surface area contributed by atoms with Crippen LogP contribution in [-0.2, 0) is 23.9 Å². The third kappa shape index (κ3) is 8.17. The van der Waals surface area contributed by atoms with Gasteiger partial charge < -0.3 is 25.0 Å². The molecule has 0 fully saturated rings. The highest BCUT2D eigenvalue weighted by molar-refractivity contribution is 5.87. The Morgan fingerprint density at radius 1 is 1.24 bits per heavy atom. The Bertz CT molecular complexity index is 279. The van der Waals surface area contributed by atoms with Gasteiger partial charge in [-0.05, 0) is 0 Å². The Morgan fingerprint density at radius 3 is 2.35 bits per heavy atom. The normalized spacial score (nSPS) is 11.8. The summed E-state index contributed by atoms with van der Waals surface area (Å²) in [7, 11) is 1.47. The molecule has 0 aliphatic carbocycles. The molecule has 0 spiro atoms. The van der Waals surface area contributed by atoms with Gasteiger partial charge in [0.1, 0.15) is 12.6 Å². The Hall–Kier alpha value is -1.67. The molecule has 0 aliphatic rings. The summed E-state index contributed by atoms with van der Waals surface area (Å²) in [5.74, 6) is -3.40. The highest BCUT2D eigenvalue weighted by Gasteiger charge is 2.22. The second-order valence-corrected chi connectivity index (χ2v) is 3.10. The van der Waals surface area contributed by atoms with E-state index in [2.05, 4.69) is 4.74 Å². The Kier molecular flexibility index (Phi) is 7.65. The standard InChI is InChI=1S/C9H15NO7/c1-16-2-3-17-5-7(11)10-6(9(14)15)4-8(12)13/h6H,2-5H2,1H3,(H,10,11)(H,12,13)(H,14,15). The lowest BCUT2D eigenvalue weighted by molar-refractivity contribution is -0.147. The van der Waals surface area contributed by atoms with E-state index in [-0.39, 0.29) is 13.2 Å². The van der Waals surface area contributed by atoms with Gasteiger partial charge in [-0.3, -0.25) is 9.59 Å². The van der Waals surface area contributed by atoms with Crippen LogP contribution in [0.4, 0.5) is 0 Å². The number of hydrogen-bond donors (Lipinski definition) is 3. The number of amides is 1. The summed E-state index contributed by atoms with van der Waals surface area (Å²) in [6, 6.07) is -1.45. The van der Waals surface area contributed by atoms with Gasteiger partial charge in [0.25, 0.3) is 0 Å². The zero-order chi connectivity index (χ0) is 13.3. The van der Waals surface area contributed by atoms with Crippen LogP contribution in [0.1, 0.15) is 6.42 Å². The van der Waals surface area contributed by atoms with E-state index in [1.807, 2.05) is 5.32 Å². The predicted molar refractivity (Wildman–Crippen MR) is 54.5 cm³/mol. The molecule has 8 heteroatoms. The number of ether oxygens (including phenoxy) is 2. The van der Waals surface area contributed by atoms with Crippen LogP contribution < -0.4 is 5.32 Å². The van der Waals surface area contributed by atoms with Gasteiger partial charge in [-0.25, -0.2) is 4.79 Å². The van der Waals surface area contributed by atoms with E-state index in [0.717, 1.165) is 0 Å². The molecule has 0 bridgehead atoms. The van der Waals surface area contributed by atoms with Gasteiger partial charge in [0.2, 0.25) is 5.91 Å². The van der Waals surface area contributed by atoms with Crippen molar-refractivity contribution in [2.24, 2.45) is 0 Å². The fraction of sp³-hybridized carbons (Fsp3) is 0.667. The van der Waals surface area contributed by atoms with E-state index in [9.17, 15) is 14.4 Å². The topological polar surface area (TPSA) is 122 Å². The van der Waals surface area contributed by atoms with Crippen molar-refractivity contribution in [2.75, 3.05) is 26.9 Å². The van der Waals surface area contributed by atoms with E-state index < -0.39 is 30.3 Å². The molecule has 1 unspecified atom stereocenters. The maximum absolute atomic E-state index is 11.2.